The van der Waals surface area contributed by atoms with Gasteiger partial charge in [0.05, 0.1) is 27.8 Å². The summed E-state index contributed by atoms with van der Waals surface area (Å²) >= 11 is 6.27. The SMILES string of the molecule is Cc1ccc2nc3cc(Cl)ccc3c(-n3c4nc(=O)[nH]c(=O)c-4nc4ccccc43)c2c1. The molecule has 32 heavy (non-hydrogen) atoms. The summed E-state index contributed by atoms with van der Waals surface area (Å²) in [7, 11) is 0. The molecule has 2 aliphatic rings. The normalized spacial score (nSPS) is 11.7. The molecule has 0 amide bonds. The third-order valence-electron chi connectivity index (χ3n) is 5.51. The molecule has 0 atom stereocenters. The Morgan fingerprint density at radius 3 is 2.56 bits per heavy atom. The number of nitrogens with one attached hydrogen (secondary N) is 1. The van der Waals surface area contributed by atoms with Crippen LogP contribution in [0.4, 0.5) is 0 Å². The first-order valence-corrected chi connectivity index (χ1v) is 10.3. The predicted molar refractivity (Wildman–Crippen MR) is 125 cm³/mol. The Hall–Kier alpha value is -4.10. The minimum Gasteiger partial charge on any atom is -0.289 e. The number of para-hydroxylation sites is 2. The average Bonchev–Trinajstić information content (AvgIpc) is 2.77. The summed E-state index contributed by atoms with van der Waals surface area (Å²) in [4.78, 5) is 40.5. The van der Waals surface area contributed by atoms with Crippen molar-refractivity contribution in [3.8, 4) is 17.2 Å². The molecule has 6 rings (SSSR count). The zero-order chi connectivity index (χ0) is 22.0. The van der Waals surface area contributed by atoms with Crippen LogP contribution in [0.25, 0.3) is 50.0 Å². The van der Waals surface area contributed by atoms with E-state index in [1.54, 1.807) is 12.1 Å². The molecule has 7 nitrogen and oxygen atoms in total. The first kappa shape index (κ1) is 18.7. The van der Waals surface area contributed by atoms with Crippen molar-refractivity contribution in [1.29, 1.82) is 0 Å². The summed E-state index contributed by atoms with van der Waals surface area (Å²) in [6, 6.07) is 18.9. The first-order valence-electron chi connectivity index (χ1n) is 9.91. The summed E-state index contributed by atoms with van der Waals surface area (Å²) in [5, 5.41) is 2.23. The summed E-state index contributed by atoms with van der Waals surface area (Å²) in [5.74, 6) is 0.183. The second kappa shape index (κ2) is 6.70. The highest BCUT2D eigenvalue weighted by atomic mass is 35.5. The number of H-pyrrole nitrogens is 1. The van der Waals surface area contributed by atoms with Crippen molar-refractivity contribution in [2.75, 3.05) is 0 Å². The van der Waals surface area contributed by atoms with Crippen molar-refractivity contribution in [3.05, 3.63) is 92.1 Å². The van der Waals surface area contributed by atoms with E-state index in [-0.39, 0.29) is 11.5 Å². The van der Waals surface area contributed by atoms with Gasteiger partial charge < -0.3 is 0 Å². The van der Waals surface area contributed by atoms with Crippen LogP contribution in [0, 0.1) is 6.92 Å². The van der Waals surface area contributed by atoms with E-state index in [9.17, 15) is 9.59 Å². The quantitative estimate of drug-likeness (QED) is 0.387. The first-order chi connectivity index (χ1) is 15.5. The van der Waals surface area contributed by atoms with E-state index >= 15 is 0 Å². The highest BCUT2D eigenvalue weighted by Crippen LogP contribution is 2.35. The van der Waals surface area contributed by atoms with Gasteiger partial charge in [0, 0.05) is 15.8 Å². The largest absolute Gasteiger partial charge is 0.349 e. The lowest BCUT2D eigenvalue weighted by atomic mass is 10.0. The molecule has 154 valence electrons. The van der Waals surface area contributed by atoms with Crippen molar-refractivity contribution in [1.82, 2.24) is 24.5 Å². The smallest absolute Gasteiger partial charge is 0.289 e. The van der Waals surface area contributed by atoms with Gasteiger partial charge in [-0.2, -0.15) is 4.98 Å². The third kappa shape index (κ3) is 2.72. The molecule has 0 saturated heterocycles. The fraction of sp³-hybridized carbons (Fsp3) is 0.0417. The van der Waals surface area contributed by atoms with Crippen LogP contribution in [0.15, 0.2) is 70.3 Å². The molecule has 0 bridgehead atoms. The van der Waals surface area contributed by atoms with E-state index in [1.807, 2.05) is 60.0 Å². The molecule has 0 radical (unpaired) electrons. The Morgan fingerprint density at radius 1 is 0.844 bits per heavy atom. The number of pyridine rings is 1. The van der Waals surface area contributed by atoms with Crippen molar-refractivity contribution >= 4 is 44.4 Å². The molecule has 2 aliphatic heterocycles. The van der Waals surface area contributed by atoms with Crippen LogP contribution in [0.3, 0.4) is 0 Å². The monoisotopic (exact) mass is 439 g/mol. The second-order valence-corrected chi connectivity index (χ2v) is 8.06. The van der Waals surface area contributed by atoms with Gasteiger partial charge in [-0.25, -0.2) is 14.8 Å². The van der Waals surface area contributed by atoms with Gasteiger partial charge in [0.1, 0.15) is 0 Å². The maximum absolute atomic E-state index is 12.7. The van der Waals surface area contributed by atoms with Crippen LogP contribution < -0.4 is 11.2 Å². The topological polar surface area (TPSA) is 93.5 Å². The summed E-state index contributed by atoms with van der Waals surface area (Å²) in [6.45, 7) is 2.00. The Balaban J connectivity index is 1.95. The number of aryl methyl sites for hydroxylation is 1. The minimum atomic E-state index is -0.727. The Labute approximate surface area is 185 Å². The predicted octanol–water partition coefficient (Wildman–Crippen LogP) is 4.24. The highest BCUT2D eigenvalue weighted by Gasteiger charge is 2.22. The highest BCUT2D eigenvalue weighted by molar-refractivity contribution is 6.31. The molecule has 0 fully saturated rings. The molecule has 1 N–H and O–H groups in total. The Bertz CT molecular complexity index is 1810. The van der Waals surface area contributed by atoms with E-state index in [0.717, 1.165) is 27.5 Å². The lowest BCUT2D eigenvalue weighted by molar-refractivity contribution is 0.943. The molecule has 0 saturated carbocycles. The molecule has 3 aromatic carbocycles. The van der Waals surface area contributed by atoms with E-state index in [2.05, 4.69) is 15.0 Å². The molecule has 8 heteroatoms. The number of hydrogen-bond acceptors (Lipinski definition) is 5. The van der Waals surface area contributed by atoms with Crippen molar-refractivity contribution < 1.29 is 0 Å². The number of halogens is 1. The van der Waals surface area contributed by atoms with Crippen molar-refractivity contribution in [2.24, 2.45) is 0 Å². The Kier molecular flexibility index (Phi) is 3.90. The van der Waals surface area contributed by atoms with Gasteiger partial charge in [-0.15, -0.1) is 0 Å². The van der Waals surface area contributed by atoms with Gasteiger partial charge in [-0.1, -0.05) is 35.4 Å². The summed E-state index contributed by atoms with van der Waals surface area (Å²) < 4.78 is 1.83. The van der Waals surface area contributed by atoms with E-state index in [1.165, 1.54) is 0 Å². The maximum Gasteiger partial charge on any atom is 0.349 e. The fourth-order valence-electron chi connectivity index (χ4n) is 4.15. The number of rotatable bonds is 1. The van der Waals surface area contributed by atoms with Crippen LogP contribution in [0.2, 0.25) is 5.02 Å². The minimum absolute atomic E-state index is 0.0861. The molecule has 0 aliphatic carbocycles. The maximum atomic E-state index is 12.7. The van der Waals surface area contributed by atoms with Gasteiger partial charge >= 0.3 is 5.69 Å². The van der Waals surface area contributed by atoms with Crippen LogP contribution in [0.5, 0.6) is 0 Å². The number of benzene rings is 3. The molecule has 3 heterocycles. The van der Waals surface area contributed by atoms with Crippen LogP contribution in [0.1, 0.15) is 5.56 Å². The van der Waals surface area contributed by atoms with Gasteiger partial charge in [0.15, 0.2) is 11.5 Å². The number of aromatic nitrogens is 5. The number of hydrogen-bond donors (Lipinski definition) is 1. The number of nitrogens with zero attached hydrogens (tertiary/aromatic N) is 4. The van der Waals surface area contributed by atoms with E-state index < -0.39 is 11.2 Å². The fourth-order valence-corrected chi connectivity index (χ4v) is 4.32. The van der Waals surface area contributed by atoms with E-state index in [0.29, 0.717) is 21.6 Å². The van der Waals surface area contributed by atoms with Gasteiger partial charge in [-0.05, 0) is 49.4 Å². The van der Waals surface area contributed by atoms with Gasteiger partial charge in [0.2, 0.25) is 0 Å². The Morgan fingerprint density at radius 2 is 1.69 bits per heavy atom. The van der Waals surface area contributed by atoms with Crippen LogP contribution in [-0.2, 0) is 0 Å². The molecule has 0 unspecified atom stereocenters. The number of fused-ring (bicyclic) bond motifs is 4. The van der Waals surface area contributed by atoms with Crippen LogP contribution >= 0.6 is 11.6 Å². The zero-order valence-corrected chi connectivity index (χ0v) is 17.5. The zero-order valence-electron chi connectivity index (χ0n) is 16.8. The third-order valence-corrected chi connectivity index (χ3v) is 5.74. The van der Waals surface area contributed by atoms with Crippen molar-refractivity contribution in [3.63, 3.8) is 0 Å². The standard InChI is InChI=1S/C24H14ClN5O2/c1-12-6-9-16-15(10-12)21(14-8-7-13(25)11-18(14)26-16)30-19-5-3-2-4-17(19)27-20-22(30)28-24(32)29-23(20)31/h2-11H,1H3,(H,29,31,32). The van der Waals surface area contributed by atoms with E-state index in [4.69, 9.17) is 16.6 Å². The summed E-state index contributed by atoms with van der Waals surface area (Å²) in [6.07, 6.45) is 0. The average molecular weight is 440 g/mol. The molecule has 0 spiro atoms. The molecule has 1 aromatic heterocycles. The molecule has 4 aromatic rings. The lowest BCUT2D eigenvalue weighted by Gasteiger charge is -2.20. The summed E-state index contributed by atoms with van der Waals surface area (Å²) in [5.41, 5.74) is 3.35. The lowest BCUT2D eigenvalue weighted by Crippen LogP contribution is -2.28. The molecular formula is C24H14ClN5O2. The van der Waals surface area contributed by atoms with Gasteiger partial charge in [-0.3, -0.25) is 14.3 Å². The van der Waals surface area contributed by atoms with Crippen LogP contribution in [-0.4, -0.2) is 24.5 Å². The van der Waals surface area contributed by atoms with Gasteiger partial charge in [0.25, 0.3) is 5.56 Å². The van der Waals surface area contributed by atoms with Crippen molar-refractivity contribution in [2.45, 2.75) is 6.92 Å². The second-order valence-electron chi connectivity index (χ2n) is 7.62. The number of aromatic amines is 1. The molecular weight excluding hydrogens is 426 g/mol.